The summed E-state index contributed by atoms with van der Waals surface area (Å²) in [5, 5.41) is 18.7. The molecule has 1 unspecified atom stereocenters. The van der Waals surface area contributed by atoms with Crippen molar-refractivity contribution in [3.8, 4) is 22.3 Å². The van der Waals surface area contributed by atoms with Gasteiger partial charge in [-0.3, -0.25) is 19.2 Å². The van der Waals surface area contributed by atoms with E-state index in [-0.39, 0.29) is 31.6 Å². The van der Waals surface area contributed by atoms with Crippen molar-refractivity contribution in [3.05, 3.63) is 119 Å². The van der Waals surface area contributed by atoms with Crippen molar-refractivity contribution in [2.24, 2.45) is 5.92 Å². The molecule has 2 aliphatic carbocycles. The Morgan fingerprint density at radius 2 is 1.18 bits per heavy atom. The number of methoxy groups -OCH3 is 2. The number of ether oxygens (including phenoxy) is 6. The molecule has 0 aromatic heterocycles. The number of rotatable bonds is 9. The third kappa shape index (κ3) is 6.76. The van der Waals surface area contributed by atoms with Gasteiger partial charge in [-0.1, -0.05) is 91.0 Å². The van der Waals surface area contributed by atoms with Crippen molar-refractivity contribution in [1.82, 2.24) is 0 Å². The number of hydrogen-bond donors (Lipinski definition) is 2. The van der Waals surface area contributed by atoms with Gasteiger partial charge in [-0.15, -0.1) is 0 Å². The molecule has 4 aromatic rings. The highest BCUT2D eigenvalue weighted by Crippen LogP contribution is 2.54. The first-order valence-corrected chi connectivity index (χ1v) is 18.5. The van der Waals surface area contributed by atoms with E-state index >= 15 is 0 Å². The van der Waals surface area contributed by atoms with Gasteiger partial charge in [-0.05, 0) is 63.4 Å². The van der Waals surface area contributed by atoms with Gasteiger partial charge in [0.05, 0.1) is 57.9 Å². The Labute approximate surface area is 324 Å². The topological polar surface area (TPSA) is 164 Å². The summed E-state index contributed by atoms with van der Waals surface area (Å²) in [6.07, 6.45) is -0.194. The monoisotopic (exact) mass is 764 g/mol. The van der Waals surface area contributed by atoms with Crippen LogP contribution in [-0.2, 0) is 64.9 Å². The van der Waals surface area contributed by atoms with Crippen molar-refractivity contribution >= 4 is 23.9 Å². The molecule has 2 saturated heterocycles. The van der Waals surface area contributed by atoms with Gasteiger partial charge >= 0.3 is 23.9 Å². The zero-order chi connectivity index (χ0) is 39.7. The summed E-state index contributed by atoms with van der Waals surface area (Å²) in [6, 6.07) is 30.4. The van der Waals surface area contributed by atoms with Gasteiger partial charge in [0.1, 0.15) is 12.3 Å². The summed E-state index contributed by atoms with van der Waals surface area (Å²) < 4.78 is 33.5. The molecule has 12 nitrogen and oxygen atoms in total. The van der Waals surface area contributed by atoms with E-state index in [0.717, 1.165) is 50.1 Å². The molecule has 56 heavy (non-hydrogen) atoms. The Morgan fingerprint density at radius 1 is 0.679 bits per heavy atom. The molecule has 0 saturated carbocycles. The van der Waals surface area contributed by atoms with E-state index in [4.69, 9.17) is 28.4 Å². The molecule has 1 atom stereocenters. The summed E-state index contributed by atoms with van der Waals surface area (Å²) >= 11 is 0. The standard InChI is InChI=1S/C23H24O6.C21H20O6/c1-26-19(24)11-10-15-6-5-8-17-16-7-3-4-9-18(16)23(22(15)17)13-28-21(29-14-23)12-20(25)27-2;1-13(19(24)25)21(10-18(22)23)26-11-20(12-27-21)16-8-4-2-6-14(16)15-7-3-5-9-17(15)20/h3-9,21H,10-14H2,1-2H3;2-9,13H,10-12H2,1H3,(H,22,23)(H,24,25). The molecule has 2 heterocycles. The second-order valence-electron chi connectivity index (χ2n) is 14.6. The van der Waals surface area contributed by atoms with E-state index in [9.17, 15) is 29.4 Å². The molecule has 2 N–H and O–H groups in total. The molecule has 0 radical (unpaired) electrons. The summed E-state index contributed by atoms with van der Waals surface area (Å²) in [6.45, 7) is 2.53. The lowest BCUT2D eigenvalue weighted by Gasteiger charge is -2.46. The Morgan fingerprint density at radius 3 is 1.70 bits per heavy atom. The smallest absolute Gasteiger partial charge is 0.311 e. The molecule has 292 valence electrons. The van der Waals surface area contributed by atoms with Crippen molar-refractivity contribution in [1.29, 1.82) is 0 Å². The van der Waals surface area contributed by atoms with Crippen LogP contribution in [0.5, 0.6) is 0 Å². The molecular weight excluding hydrogens is 720 g/mol. The third-order valence-electron chi connectivity index (χ3n) is 11.5. The number of aliphatic carboxylic acids is 2. The number of carbonyl (C=O) groups is 4. The average molecular weight is 765 g/mol. The van der Waals surface area contributed by atoms with Crippen LogP contribution in [0.1, 0.15) is 54.0 Å². The molecule has 2 spiro atoms. The van der Waals surface area contributed by atoms with Crippen LogP contribution in [0.3, 0.4) is 0 Å². The van der Waals surface area contributed by atoms with Crippen LogP contribution >= 0.6 is 0 Å². The first kappa shape index (κ1) is 38.9. The lowest BCUT2D eigenvalue weighted by atomic mass is 9.76. The number of esters is 2. The van der Waals surface area contributed by atoms with Gasteiger partial charge in [0, 0.05) is 6.42 Å². The van der Waals surface area contributed by atoms with Gasteiger partial charge in [0.25, 0.3) is 0 Å². The molecule has 8 rings (SSSR count). The van der Waals surface area contributed by atoms with E-state index in [2.05, 4.69) is 24.3 Å². The van der Waals surface area contributed by atoms with Gasteiger partial charge < -0.3 is 38.6 Å². The molecular formula is C44H44O12. The molecule has 12 heteroatoms. The maximum atomic E-state index is 11.7. The maximum Gasteiger partial charge on any atom is 0.311 e. The Kier molecular flexibility index (Phi) is 10.8. The summed E-state index contributed by atoms with van der Waals surface area (Å²) in [5.41, 5.74) is 8.92. The SMILES string of the molecule is CC(C(=O)O)C1(CC(=O)O)OCC2(CO1)c1ccccc1-c1ccccc12.COC(=O)CCc1cccc2c1C1(COC(CC(=O)OC)OC1)c1ccccc1-2. The third-order valence-corrected chi connectivity index (χ3v) is 11.5. The Hall–Kier alpha value is -5.40. The van der Waals surface area contributed by atoms with Gasteiger partial charge in [0.2, 0.25) is 0 Å². The van der Waals surface area contributed by atoms with Gasteiger partial charge in [0.15, 0.2) is 12.1 Å². The van der Waals surface area contributed by atoms with Crippen LogP contribution in [-0.4, -0.2) is 86.8 Å². The highest BCUT2D eigenvalue weighted by Gasteiger charge is 2.55. The van der Waals surface area contributed by atoms with Gasteiger partial charge in [-0.2, -0.15) is 0 Å². The van der Waals surface area contributed by atoms with Crippen LogP contribution < -0.4 is 0 Å². The van der Waals surface area contributed by atoms with E-state index < -0.39 is 47.2 Å². The minimum atomic E-state index is -1.69. The van der Waals surface area contributed by atoms with Crippen LogP contribution in [0, 0.1) is 5.92 Å². The summed E-state index contributed by atoms with van der Waals surface area (Å²) in [5.74, 6) is -5.71. The van der Waals surface area contributed by atoms with E-state index in [1.165, 1.54) is 21.1 Å². The average Bonchev–Trinajstić information content (AvgIpc) is 3.65. The first-order chi connectivity index (χ1) is 27.0. The zero-order valence-corrected chi connectivity index (χ0v) is 31.4. The van der Waals surface area contributed by atoms with Crippen LogP contribution in [0.25, 0.3) is 22.3 Å². The number of aryl methyl sites for hydroxylation is 1. The lowest BCUT2D eigenvalue weighted by molar-refractivity contribution is -0.305. The number of carboxylic acid groups (broad SMARTS) is 2. The largest absolute Gasteiger partial charge is 0.481 e. The number of carbonyl (C=O) groups excluding carboxylic acids is 2. The molecule has 2 fully saturated rings. The Bertz CT molecular complexity index is 2090. The van der Waals surface area contributed by atoms with Crippen LogP contribution in [0.2, 0.25) is 0 Å². The molecule has 0 bridgehead atoms. The normalized spacial score (nSPS) is 19.3. The first-order valence-electron chi connectivity index (χ1n) is 18.5. The summed E-state index contributed by atoms with van der Waals surface area (Å²) in [7, 11) is 2.75. The highest BCUT2D eigenvalue weighted by molar-refractivity contribution is 5.84. The fourth-order valence-electron chi connectivity index (χ4n) is 8.61. The van der Waals surface area contributed by atoms with Crippen molar-refractivity contribution in [2.75, 3.05) is 40.6 Å². The Balaban J connectivity index is 0.000000172. The fraction of sp³-hybridized carbons (Fsp3) is 0.364. The molecule has 0 amide bonds. The zero-order valence-electron chi connectivity index (χ0n) is 31.4. The molecule has 2 aliphatic heterocycles. The second kappa shape index (κ2) is 15.6. The van der Waals surface area contributed by atoms with E-state index in [1.54, 1.807) is 0 Å². The number of fused-ring (bicyclic) bond motifs is 10. The van der Waals surface area contributed by atoms with Gasteiger partial charge in [-0.25, -0.2) is 0 Å². The fourth-order valence-corrected chi connectivity index (χ4v) is 8.61. The second-order valence-corrected chi connectivity index (χ2v) is 14.6. The minimum Gasteiger partial charge on any atom is -0.481 e. The van der Waals surface area contributed by atoms with Crippen molar-refractivity contribution in [3.63, 3.8) is 0 Å². The number of hydrogen-bond acceptors (Lipinski definition) is 10. The minimum absolute atomic E-state index is 0.0606. The predicted octanol–water partition coefficient (Wildman–Crippen LogP) is 5.89. The van der Waals surface area contributed by atoms with Crippen LogP contribution in [0.15, 0.2) is 91.0 Å². The van der Waals surface area contributed by atoms with Crippen molar-refractivity contribution < 1.29 is 57.8 Å². The number of carboxylic acids is 2. The predicted molar refractivity (Wildman–Crippen MR) is 202 cm³/mol. The van der Waals surface area contributed by atoms with E-state index in [1.807, 2.05) is 66.7 Å². The summed E-state index contributed by atoms with van der Waals surface area (Å²) in [4.78, 5) is 46.2. The van der Waals surface area contributed by atoms with Crippen molar-refractivity contribution in [2.45, 2.75) is 55.5 Å². The quantitative estimate of drug-likeness (QED) is 0.195. The van der Waals surface area contributed by atoms with E-state index in [0.29, 0.717) is 26.1 Å². The highest BCUT2D eigenvalue weighted by atomic mass is 16.7. The molecule has 4 aromatic carbocycles. The maximum absolute atomic E-state index is 11.7. The molecule has 4 aliphatic rings. The van der Waals surface area contributed by atoms with Crippen LogP contribution in [0.4, 0.5) is 0 Å². The number of benzene rings is 4. The lowest BCUT2D eigenvalue weighted by Crippen LogP contribution is -2.57.